The molecule has 3 heterocycles. The molecule has 8 nitrogen and oxygen atoms in total. The Bertz CT molecular complexity index is 1720. The second-order valence-corrected chi connectivity index (χ2v) is 9.96. The number of hydrogen-bond donors (Lipinski definition) is 0. The van der Waals surface area contributed by atoms with Crippen LogP contribution in [0.1, 0.15) is 23.4 Å². The quantitative estimate of drug-likeness (QED) is 0.338. The van der Waals surface area contributed by atoms with Gasteiger partial charge in [0.2, 0.25) is 11.7 Å². The number of carbonyl (C=O) groups is 1. The average Bonchev–Trinajstić information content (AvgIpc) is 3.39. The number of rotatable bonds is 6. The Labute approximate surface area is 224 Å². The van der Waals surface area contributed by atoms with Crippen LogP contribution in [0.4, 0.5) is 10.1 Å². The maximum atomic E-state index is 14.2. The summed E-state index contributed by atoms with van der Waals surface area (Å²) in [6, 6.07) is 22.2. The molecule has 0 saturated carbocycles. The molecular formula is C30H29FN6O2. The van der Waals surface area contributed by atoms with E-state index in [-0.39, 0.29) is 23.7 Å². The van der Waals surface area contributed by atoms with E-state index in [1.54, 1.807) is 16.7 Å². The molecule has 2 aromatic heterocycles. The Morgan fingerprint density at radius 3 is 2.38 bits per heavy atom. The summed E-state index contributed by atoms with van der Waals surface area (Å²) in [5.74, 6) is 0.874. The number of carbonyl (C=O) groups excluding carboxylic acids is 1. The number of fused-ring (bicyclic) bond motifs is 3. The normalized spacial score (nSPS) is 13.9. The highest BCUT2D eigenvalue weighted by atomic mass is 19.1. The van der Waals surface area contributed by atoms with Gasteiger partial charge in [0, 0.05) is 39.0 Å². The highest BCUT2D eigenvalue weighted by Crippen LogP contribution is 2.21. The van der Waals surface area contributed by atoms with E-state index >= 15 is 0 Å². The summed E-state index contributed by atoms with van der Waals surface area (Å²) in [6.07, 6.45) is 0.659. The van der Waals surface area contributed by atoms with E-state index in [2.05, 4.69) is 10.2 Å². The zero-order valence-corrected chi connectivity index (χ0v) is 21.8. The fourth-order valence-corrected chi connectivity index (χ4v) is 5.28. The molecule has 9 heteroatoms. The van der Waals surface area contributed by atoms with Crippen LogP contribution in [0.3, 0.4) is 0 Å². The van der Waals surface area contributed by atoms with Crippen molar-refractivity contribution in [3.8, 4) is 0 Å². The Hall–Kier alpha value is -4.53. The van der Waals surface area contributed by atoms with Crippen molar-refractivity contribution in [2.24, 2.45) is 0 Å². The van der Waals surface area contributed by atoms with Gasteiger partial charge in [0.1, 0.15) is 11.6 Å². The van der Waals surface area contributed by atoms with Gasteiger partial charge in [-0.1, -0.05) is 54.1 Å². The van der Waals surface area contributed by atoms with Crippen molar-refractivity contribution in [3.05, 3.63) is 106 Å². The molecule has 198 valence electrons. The first-order valence-corrected chi connectivity index (χ1v) is 13.2. The fourth-order valence-electron chi connectivity index (χ4n) is 5.28. The van der Waals surface area contributed by atoms with E-state index in [4.69, 9.17) is 0 Å². The number of aromatic nitrogens is 4. The fraction of sp³-hybridized carbons (Fsp3) is 0.267. The lowest BCUT2D eigenvalue weighted by Gasteiger charge is -2.36. The van der Waals surface area contributed by atoms with Crippen molar-refractivity contribution in [2.45, 2.75) is 26.3 Å². The largest absolute Gasteiger partial charge is 0.366 e. The zero-order chi connectivity index (χ0) is 26.9. The highest BCUT2D eigenvalue weighted by molar-refractivity contribution is 5.81. The molecule has 0 spiro atoms. The minimum Gasteiger partial charge on any atom is -0.366 e. The zero-order valence-electron chi connectivity index (χ0n) is 21.8. The van der Waals surface area contributed by atoms with Crippen LogP contribution in [0.25, 0.3) is 16.7 Å². The molecular weight excluding hydrogens is 495 g/mol. The Balaban J connectivity index is 1.23. The molecule has 1 aliphatic heterocycles. The van der Waals surface area contributed by atoms with E-state index in [9.17, 15) is 14.0 Å². The Morgan fingerprint density at radius 2 is 1.62 bits per heavy atom. The molecule has 1 fully saturated rings. The molecule has 1 aliphatic rings. The maximum absolute atomic E-state index is 14.2. The predicted octanol–water partition coefficient (Wildman–Crippen LogP) is 3.82. The van der Waals surface area contributed by atoms with Crippen LogP contribution in [0, 0.1) is 12.7 Å². The lowest BCUT2D eigenvalue weighted by atomic mass is 10.1. The predicted molar refractivity (Wildman–Crippen MR) is 149 cm³/mol. The summed E-state index contributed by atoms with van der Waals surface area (Å²) in [5.41, 5.74) is 3.32. The number of nitrogens with zero attached hydrogens (tertiary/aromatic N) is 6. The third kappa shape index (κ3) is 4.76. The Kier molecular flexibility index (Phi) is 6.56. The van der Waals surface area contributed by atoms with Gasteiger partial charge in [-0.25, -0.2) is 4.39 Å². The molecule has 0 aliphatic carbocycles. The van der Waals surface area contributed by atoms with Crippen LogP contribution < -0.4 is 10.5 Å². The van der Waals surface area contributed by atoms with Crippen molar-refractivity contribution in [2.75, 3.05) is 31.1 Å². The summed E-state index contributed by atoms with van der Waals surface area (Å²) in [6.45, 7) is 4.63. The average molecular weight is 525 g/mol. The van der Waals surface area contributed by atoms with Gasteiger partial charge in [-0.3, -0.25) is 18.6 Å². The van der Waals surface area contributed by atoms with E-state index in [0.717, 1.165) is 16.6 Å². The number of benzene rings is 3. The molecule has 3 aromatic carbocycles. The van der Waals surface area contributed by atoms with Gasteiger partial charge in [0.25, 0.3) is 5.56 Å². The topological polar surface area (TPSA) is 75.7 Å². The SMILES string of the molecule is Cc1ccc(Cn2c(=O)c3ccccc3n3c(CCC(=O)N4CCN(c5ccccc5F)CC4)nnc23)cc1. The van der Waals surface area contributed by atoms with Crippen LogP contribution in [-0.4, -0.2) is 56.2 Å². The molecule has 1 amide bonds. The van der Waals surface area contributed by atoms with E-state index in [0.29, 0.717) is 61.8 Å². The van der Waals surface area contributed by atoms with E-state index in [1.807, 2.05) is 75.7 Å². The maximum Gasteiger partial charge on any atom is 0.263 e. The van der Waals surface area contributed by atoms with Crippen molar-refractivity contribution < 1.29 is 9.18 Å². The molecule has 39 heavy (non-hydrogen) atoms. The van der Waals surface area contributed by atoms with Crippen molar-refractivity contribution in [3.63, 3.8) is 0 Å². The number of anilines is 1. The van der Waals surface area contributed by atoms with Gasteiger partial charge in [-0.15, -0.1) is 10.2 Å². The van der Waals surface area contributed by atoms with Crippen molar-refractivity contribution in [1.82, 2.24) is 24.1 Å². The number of amides is 1. The number of hydrogen-bond acceptors (Lipinski definition) is 5. The number of piperazine rings is 1. The summed E-state index contributed by atoms with van der Waals surface area (Å²) < 4.78 is 17.7. The smallest absolute Gasteiger partial charge is 0.263 e. The third-order valence-corrected chi connectivity index (χ3v) is 7.42. The van der Waals surface area contributed by atoms with Gasteiger partial charge in [-0.2, -0.15) is 0 Å². The lowest BCUT2D eigenvalue weighted by molar-refractivity contribution is -0.131. The first kappa shape index (κ1) is 24.8. The third-order valence-electron chi connectivity index (χ3n) is 7.42. The molecule has 0 N–H and O–H groups in total. The van der Waals surface area contributed by atoms with Crippen LogP contribution in [0.2, 0.25) is 0 Å². The van der Waals surface area contributed by atoms with Gasteiger partial charge >= 0.3 is 0 Å². The van der Waals surface area contributed by atoms with Crippen LogP contribution in [-0.2, 0) is 17.8 Å². The van der Waals surface area contributed by atoms with Gasteiger partial charge < -0.3 is 9.80 Å². The first-order valence-electron chi connectivity index (χ1n) is 13.2. The second-order valence-electron chi connectivity index (χ2n) is 9.96. The summed E-state index contributed by atoms with van der Waals surface area (Å²) in [4.78, 5) is 30.4. The molecule has 0 unspecified atom stereocenters. The molecule has 0 bridgehead atoms. The van der Waals surface area contributed by atoms with E-state index in [1.165, 1.54) is 6.07 Å². The number of halogens is 1. The second kappa shape index (κ2) is 10.3. The van der Waals surface area contributed by atoms with Gasteiger partial charge in [0.05, 0.1) is 23.1 Å². The molecule has 5 aromatic rings. The number of para-hydroxylation sites is 2. The number of aryl methyl sites for hydroxylation is 2. The van der Waals surface area contributed by atoms with Gasteiger partial charge in [0.15, 0.2) is 0 Å². The minimum atomic E-state index is -0.246. The summed E-state index contributed by atoms with van der Waals surface area (Å²) >= 11 is 0. The molecule has 1 saturated heterocycles. The van der Waals surface area contributed by atoms with Crippen LogP contribution in [0.5, 0.6) is 0 Å². The van der Waals surface area contributed by atoms with Crippen molar-refractivity contribution in [1.29, 1.82) is 0 Å². The monoisotopic (exact) mass is 524 g/mol. The molecule has 6 rings (SSSR count). The van der Waals surface area contributed by atoms with E-state index < -0.39 is 0 Å². The minimum absolute atomic E-state index is 0.0252. The van der Waals surface area contributed by atoms with Crippen LogP contribution in [0.15, 0.2) is 77.6 Å². The molecule has 0 atom stereocenters. The first-order chi connectivity index (χ1) is 19.0. The lowest BCUT2D eigenvalue weighted by Crippen LogP contribution is -2.49. The standard InChI is InChI=1S/C30H29FN6O2/c1-21-10-12-22(13-11-21)20-36-29(39)23-6-2-4-8-25(23)37-27(32-33-30(36)37)14-15-28(38)35-18-16-34(17-19-35)26-9-5-3-7-24(26)31/h2-13H,14-20H2,1H3. The molecule has 0 radical (unpaired) electrons. The summed E-state index contributed by atoms with van der Waals surface area (Å²) in [5, 5.41) is 9.39. The van der Waals surface area contributed by atoms with Crippen molar-refractivity contribution >= 4 is 28.3 Å². The Morgan fingerprint density at radius 1 is 0.897 bits per heavy atom. The highest BCUT2D eigenvalue weighted by Gasteiger charge is 2.24. The summed E-state index contributed by atoms with van der Waals surface area (Å²) in [7, 11) is 0. The van der Waals surface area contributed by atoms with Gasteiger partial charge in [-0.05, 0) is 36.8 Å². The van der Waals surface area contributed by atoms with Crippen LogP contribution >= 0.6 is 0 Å².